The van der Waals surface area contributed by atoms with Gasteiger partial charge in [0.05, 0.1) is 24.1 Å². The van der Waals surface area contributed by atoms with E-state index in [1.807, 2.05) is 29.8 Å². The first kappa shape index (κ1) is 15.1. The Morgan fingerprint density at radius 1 is 1.57 bits per heavy atom. The van der Waals surface area contributed by atoms with Crippen LogP contribution in [0, 0.1) is 10.1 Å². The van der Waals surface area contributed by atoms with Gasteiger partial charge in [-0.25, -0.2) is 4.98 Å². The molecule has 21 heavy (non-hydrogen) atoms. The zero-order valence-electron chi connectivity index (χ0n) is 12.0. The number of aryl methyl sites for hydroxylation is 1. The first-order valence-electron chi connectivity index (χ1n) is 6.45. The van der Waals surface area contributed by atoms with E-state index in [1.54, 1.807) is 6.20 Å². The largest absolute Gasteiger partial charge is 0.390 e. The van der Waals surface area contributed by atoms with Gasteiger partial charge in [-0.15, -0.1) is 0 Å². The maximum absolute atomic E-state index is 10.6. The van der Waals surface area contributed by atoms with Crippen molar-refractivity contribution >= 4 is 5.69 Å². The number of aliphatic hydroxyl groups excluding tert-OH is 1. The number of hydrogen-bond donors (Lipinski definition) is 1. The first-order chi connectivity index (χ1) is 9.95. The van der Waals surface area contributed by atoms with Crippen molar-refractivity contribution in [1.29, 1.82) is 0 Å². The summed E-state index contributed by atoms with van der Waals surface area (Å²) in [5, 5.41) is 24.4. The molecule has 1 N–H and O–H groups in total. The number of aliphatic hydroxyl groups is 1. The molecule has 0 radical (unpaired) electrons. The Labute approximate surface area is 121 Å². The maximum Gasteiger partial charge on any atom is 0.306 e. The average molecular weight is 294 g/mol. The predicted octanol–water partition coefficient (Wildman–Crippen LogP) is 0.0177. The summed E-state index contributed by atoms with van der Waals surface area (Å²) in [6, 6.07) is 0. The van der Waals surface area contributed by atoms with E-state index in [1.165, 1.54) is 17.1 Å². The van der Waals surface area contributed by atoms with Gasteiger partial charge in [-0.1, -0.05) is 0 Å². The zero-order chi connectivity index (χ0) is 15.4. The van der Waals surface area contributed by atoms with Crippen LogP contribution in [-0.4, -0.2) is 54.0 Å². The van der Waals surface area contributed by atoms with Gasteiger partial charge in [0.25, 0.3) is 0 Å². The third-order valence-corrected chi connectivity index (χ3v) is 3.08. The van der Waals surface area contributed by atoms with Crippen molar-refractivity contribution in [3.05, 3.63) is 40.7 Å². The molecule has 2 aromatic rings. The molecule has 0 amide bonds. The van der Waals surface area contributed by atoms with Crippen LogP contribution in [0.4, 0.5) is 5.69 Å². The SMILES string of the molecule is CN(Cc1nccn1C)CC(O)Cn1cc([N+](=O)[O-])cn1. The van der Waals surface area contributed by atoms with Gasteiger partial charge in [-0.05, 0) is 7.05 Å². The molecule has 2 aromatic heterocycles. The second-order valence-electron chi connectivity index (χ2n) is 4.98. The lowest BCUT2D eigenvalue weighted by Crippen LogP contribution is -2.32. The summed E-state index contributed by atoms with van der Waals surface area (Å²) >= 11 is 0. The van der Waals surface area contributed by atoms with Crippen molar-refractivity contribution < 1.29 is 10.0 Å². The summed E-state index contributed by atoms with van der Waals surface area (Å²) in [7, 11) is 3.79. The second kappa shape index (κ2) is 6.46. The van der Waals surface area contributed by atoms with Gasteiger partial charge in [0.15, 0.2) is 0 Å². The van der Waals surface area contributed by atoms with E-state index < -0.39 is 11.0 Å². The van der Waals surface area contributed by atoms with Crippen molar-refractivity contribution in [1.82, 2.24) is 24.2 Å². The van der Waals surface area contributed by atoms with Gasteiger partial charge in [0, 0.05) is 26.0 Å². The number of hydrogen-bond acceptors (Lipinski definition) is 6. The summed E-state index contributed by atoms with van der Waals surface area (Å²) in [6.07, 6.45) is 5.40. The van der Waals surface area contributed by atoms with Crippen LogP contribution in [0.5, 0.6) is 0 Å². The molecule has 0 aliphatic carbocycles. The van der Waals surface area contributed by atoms with Gasteiger partial charge < -0.3 is 9.67 Å². The monoisotopic (exact) mass is 294 g/mol. The molecule has 0 aromatic carbocycles. The number of nitrogens with zero attached hydrogens (tertiary/aromatic N) is 6. The number of aromatic nitrogens is 4. The minimum absolute atomic E-state index is 0.0800. The Balaban J connectivity index is 1.84. The molecule has 0 saturated heterocycles. The highest BCUT2D eigenvalue weighted by atomic mass is 16.6. The van der Waals surface area contributed by atoms with Crippen LogP contribution in [0.1, 0.15) is 5.82 Å². The van der Waals surface area contributed by atoms with Gasteiger partial charge in [-0.2, -0.15) is 5.10 Å². The third kappa shape index (κ3) is 4.10. The van der Waals surface area contributed by atoms with E-state index in [0.717, 1.165) is 5.82 Å². The lowest BCUT2D eigenvalue weighted by Gasteiger charge is -2.20. The van der Waals surface area contributed by atoms with Crippen LogP contribution in [0.15, 0.2) is 24.8 Å². The van der Waals surface area contributed by atoms with Crippen LogP contribution in [0.3, 0.4) is 0 Å². The van der Waals surface area contributed by atoms with E-state index in [0.29, 0.717) is 13.1 Å². The molecule has 0 spiro atoms. The molecule has 0 aliphatic rings. The van der Waals surface area contributed by atoms with Crippen molar-refractivity contribution in [3.8, 4) is 0 Å². The predicted molar refractivity (Wildman–Crippen MR) is 74.4 cm³/mol. The number of likely N-dealkylation sites (N-methyl/N-ethyl adjacent to an activating group) is 1. The Bertz CT molecular complexity index is 608. The number of rotatable bonds is 7. The highest BCUT2D eigenvalue weighted by Gasteiger charge is 2.14. The first-order valence-corrected chi connectivity index (χ1v) is 6.45. The molecule has 9 nitrogen and oxygen atoms in total. The quantitative estimate of drug-likeness (QED) is 0.570. The highest BCUT2D eigenvalue weighted by Crippen LogP contribution is 2.08. The summed E-state index contributed by atoms with van der Waals surface area (Å²) in [4.78, 5) is 16.2. The van der Waals surface area contributed by atoms with Gasteiger partial charge in [0.1, 0.15) is 18.2 Å². The van der Waals surface area contributed by atoms with Crippen molar-refractivity contribution in [2.24, 2.45) is 7.05 Å². The highest BCUT2D eigenvalue weighted by molar-refractivity contribution is 5.20. The van der Waals surface area contributed by atoms with Crippen molar-refractivity contribution in [2.75, 3.05) is 13.6 Å². The number of imidazole rings is 1. The molecule has 2 heterocycles. The molecule has 0 bridgehead atoms. The lowest BCUT2D eigenvalue weighted by atomic mass is 10.3. The molecule has 9 heteroatoms. The van der Waals surface area contributed by atoms with E-state index >= 15 is 0 Å². The van der Waals surface area contributed by atoms with E-state index in [9.17, 15) is 15.2 Å². The van der Waals surface area contributed by atoms with Crippen LogP contribution >= 0.6 is 0 Å². The van der Waals surface area contributed by atoms with E-state index in [-0.39, 0.29) is 12.2 Å². The molecule has 2 rings (SSSR count). The minimum Gasteiger partial charge on any atom is -0.390 e. The van der Waals surface area contributed by atoms with Crippen LogP contribution in [0.25, 0.3) is 0 Å². The van der Waals surface area contributed by atoms with Crippen molar-refractivity contribution in [3.63, 3.8) is 0 Å². The summed E-state index contributed by atoms with van der Waals surface area (Å²) in [5.41, 5.74) is -0.0800. The fourth-order valence-electron chi connectivity index (χ4n) is 2.04. The zero-order valence-corrected chi connectivity index (χ0v) is 12.0. The fraction of sp³-hybridized carbons (Fsp3) is 0.500. The van der Waals surface area contributed by atoms with Crippen LogP contribution in [0.2, 0.25) is 0 Å². The topological polar surface area (TPSA) is 102 Å². The van der Waals surface area contributed by atoms with Crippen molar-refractivity contribution in [2.45, 2.75) is 19.2 Å². The Hall–Kier alpha value is -2.26. The fourth-order valence-corrected chi connectivity index (χ4v) is 2.04. The Kier molecular flexibility index (Phi) is 4.66. The molecular formula is C12H18N6O3. The molecule has 0 aliphatic heterocycles. The van der Waals surface area contributed by atoms with Gasteiger partial charge >= 0.3 is 5.69 Å². The van der Waals surface area contributed by atoms with Crippen LogP contribution < -0.4 is 0 Å². The molecule has 1 unspecified atom stereocenters. The lowest BCUT2D eigenvalue weighted by molar-refractivity contribution is -0.385. The molecule has 114 valence electrons. The third-order valence-electron chi connectivity index (χ3n) is 3.08. The number of nitro groups is 1. The van der Waals surface area contributed by atoms with E-state index in [2.05, 4.69) is 10.1 Å². The average Bonchev–Trinajstić information content (AvgIpc) is 2.99. The summed E-state index contributed by atoms with van der Waals surface area (Å²) in [5.74, 6) is 0.902. The van der Waals surface area contributed by atoms with Crippen LogP contribution in [-0.2, 0) is 20.1 Å². The standard InChI is InChI=1S/C12H18N6O3/c1-15(9-12-13-3-4-16(12)2)7-11(19)8-17-6-10(5-14-17)18(20)21/h3-6,11,19H,7-9H2,1-2H3. The summed E-state index contributed by atoms with van der Waals surface area (Å²) in [6.45, 7) is 1.24. The minimum atomic E-state index is -0.672. The maximum atomic E-state index is 10.6. The van der Waals surface area contributed by atoms with Gasteiger partial charge in [0.2, 0.25) is 0 Å². The Morgan fingerprint density at radius 2 is 2.33 bits per heavy atom. The van der Waals surface area contributed by atoms with Gasteiger partial charge in [-0.3, -0.25) is 19.7 Å². The molecule has 0 fully saturated rings. The molecular weight excluding hydrogens is 276 g/mol. The molecule has 0 saturated carbocycles. The smallest absolute Gasteiger partial charge is 0.306 e. The Morgan fingerprint density at radius 3 is 2.90 bits per heavy atom. The normalized spacial score (nSPS) is 12.8. The molecule has 1 atom stereocenters. The second-order valence-corrected chi connectivity index (χ2v) is 4.98. The summed E-state index contributed by atoms with van der Waals surface area (Å²) < 4.78 is 3.29. The van der Waals surface area contributed by atoms with E-state index in [4.69, 9.17) is 0 Å².